The molecule has 0 unspecified atom stereocenters. The third-order valence-corrected chi connectivity index (χ3v) is 15.9. The van der Waals surface area contributed by atoms with Crippen molar-refractivity contribution in [1.29, 1.82) is 0 Å². The Morgan fingerprint density at radius 1 is 0.818 bits per heavy atom. The lowest BCUT2D eigenvalue weighted by Crippen LogP contribution is -1.87. The van der Waals surface area contributed by atoms with E-state index in [2.05, 4.69) is 23.8 Å². The Kier molecular flexibility index (Phi) is 4.08. The lowest BCUT2D eigenvalue weighted by molar-refractivity contribution is 1.25. The van der Waals surface area contributed by atoms with Crippen LogP contribution in [0.15, 0.2) is 57.2 Å². The zero-order valence-electron chi connectivity index (χ0n) is 11.0. The van der Waals surface area contributed by atoms with E-state index in [0.29, 0.717) is 0 Å². The molecule has 0 amide bonds. The van der Waals surface area contributed by atoms with Crippen molar-refractivity contribution >= 4 is 84.3 Å². The van der Waals surface area contributed by atoms with Crippen LogP contribution in [0.3, 0.4) is 0 Å². The van der Waals surface area contributed by atoms with E-state index in [1.54, 1.807) is 22.7 Å². The Morgan fingerprint density at radius 2 is 1.27 bits per heavy atom. The summed E-state index contributed by atoms with van der Waals surface area (Å²) in [5, 5.41) is 0. The monoisotopic (exact) mass is 398 g/mol. The van der Waals surface area contributed by atoms with Crippen LogP contribution in [0.4, 0.5) is 0 Å². The van der Waals surface area contributed by atoms with E-state index < -0.39 is 8.09 Å². The fraction of sp³-hybridized carbons (Fsp3) is 0. The van der Waals surface area contributed by atoms with Gasteiger partial charge < -0.3 is 0 Å². The predicted octanol–water partition coefficient (Wildman–Crippen LogP) is 6.47. The van der Waals surface area contributed by atoms with Crippen molar-refractivity contribution in [3.05, 3.63) is 48.5 Å². The minimum atomic E-state index is -1.67. The van der Waals surface area contributed by atoms with Crippen molar-refractivity contribution in [1.82, 2.24) is 9.97 Å². The van der Waals surface area contributed by atoms with E-state index >= 15 is 0 Å². The van der Waals surface area contributed by atoms with Crippen LogP contribution < -0.4 is 0 Å². The fourth-order valence-electron chi connectivity index (χ4n) is 2.08. The lowest BCUT2D eigenvalue weighted by atomic mass is 10.3. The van der Waals surface area contributed by atoms with Crippen LogP contribution in [-0.2, 0) is 0 Å². The Hall–Kier alpha value is -0.380. The van der Waals surface area contributed by atoms with E-state index in [0.717, 1.165) is 19.7 Å². The van der Waals surface area contributed by atoms with E-state index in [1.165, 1.54) is 19.2 Å². The maximum absolute atomic E-state index is 4.98. The third-order valence-electron chi connectivity index (χ3n) is 3.13. The molecule has 0 aliphatic carbocycles. The highest BCUT2D eigenvalue weighted by atomic mass is 33.7. The summed E-state index contributed by atoms with van der Waals surface area (Å²) in [6.45, 7) is 0. The van der Waals surface area contributed by atoms with Crippen molar-refractivity contribution < 1.29 is 0 Å². The molecule has 0 bridgehead atoms. The second-order valence-corrected chi connectivity index (χ2v) is 14.7. The van der Waals surface area contributed by atoms with Gasteiger partial charge >= 0.3 is 0 Å². The second-order valence-electron chi connectivity index (χ2n) is 4.50. The number of nitrogens with zero attached hydrogens (tertiary/aromatic N) is 2. The molecule has 8 heteroatoms. The number of aromatic nitrogens is 2. The fourth-order valence-corrected chi connectivity index (χ4v) is 11.2. The summed E-state index contributed by atoms with van der Waals surface area (Å²) in [5.74, 6) is 0. The molecule has 0 aliphatic rings. The molecule has 0 atom stereocenters. The van der Waals surface area contributed by atoms with Gasteiger partial charge in [0.05, 0.1) is 20.4 Å². The Balaban J connectivity index is 1.90. The van der Waals surface area contributed by atoms with Gasteiger partial charge in [-0.2, -0.15) is 0 Å². The molecule has 4 rings (SSSR count). The van der Waals surface area contributed by atoms with Gasteiger partial charge in [-0.15, -0.1) is 34.3 Å². The van der Waals surface area contributed by atoms with Crippen molar-refractivity contribution in [2.24, 2.45) is 0 Å². The molecule has 0 aliphatic heterocycles. The number of thiazole rings is 2. The molecule has 4 aromatic rings. The molecular weight excluding hydrogens is 389 g/mol. The molecule has 0 N–H and O–H groups in total. The lowest BCUT2D eigenvalue weighted by Gasteiger charge is -2.25. The van der Waals surface area contributed by atoms with Crippen molar-refractivity contribution in [2.45, 2.75) is 8.68 Å². The Bertz CT molecular complexity index is 820. The van der Waals surface area contributed by atoms with Gasteiger partial charge in [-0.05, 0) is 42.2 Å². The van der Waals surface area contributed by atoms with Crippen LogP contribution in [0.5, 0.6) is 0 Å². The van der Waals surface area contributed by atoms with E-state index in [4.69, 9.17) is 21.6 Å². The van der Waals surface area contributed by atoms with Gasteiger partial charge in [0.25, 0.3) is 0 Å². The van der Waals surface area contributed by atoms with Gasteiger partial charge in [0.15, 0.2) is 8.68 Å². The van der Waals surface area contributed by atoms with Gasteiger partial charge in [0, 0.05) is 0 Å². The summed E-state index contributed by atoms with van der Waals surface area (Å²) in [6, 6.07) is 16.3. The van der Waals surface area contributed by atoms with Gasteiger partial charge in [0.1, 0.15) is 0 Å². The van der Waals surface area contributed by atoms with Crippen LogP contribution in [0.25, 0.3) is 20.4 Å². The molecule has 2 aromatic carbocycles. The molecule has 22 heavy (non-hydrogen) atoms. The first-order valence-corrected chi connectivity index (χ1v) is 13.0. The first kappa shape index (κ1) is 15.2. The van der Waals surface area contributed by atoms with Crippen LogP contribution in [0.2, 0.25) is 0 Å². The summed E-state index contributed by atoms with van der Waals surface area (Å²) in [6.07, 6.45) is 0. The normalized spacial score (nSPS) is 13.0. The molecule has 0 radical (unpaired) electrons. The highest BCUT2D eigenvalue weighted by molar-refractivity contribution is 9.34. The van der Waals surface area contributed by atoms with Crippen LogP contribution in [0, 0.1) is 0 Å². The minimum absolute atomic E-state index is 0.996. The minimum Gasteiger partial charge on any atom is -0.229 e. The summed E-state index contributed by atoms with van der Waals surface area (Å²) in [5.41, 5.74) is 2.02. The van der Waals surface area contributed by atoms with Crippen LogP contribution in [0.1, 0.15) is 0 Å². The number of fused-ring (bicyclic) bond motifs is 2. The van der Waals surface area contributed by atoms with E-state index in [9.17, 15) is 0 Å². The van der Waals surface area contributed by atoms with E-state index in [-0.39, 0.29) is 0 Å². The maximum Gasteiger partial charge on any atom is 0.158 e. The molecule has 0 saturated carbocycles. The molecule has 0 fully saturated rings. The van der Waals surface area contributed by atoms with Crippen molar-refractivity contribution in [2.75, 3.05) is 0 Å². The topological polar surface area (TPSA) is 25.8 Å². The van der Waals surface area contributed by atoms with Gasteiger partial charge in [-0.3, -0.25) is 0 Å². The Morgan fingerprint density at radius 3 is 1.68 bits per heavy atom. The van der Waals surface area contributed by atoms with Gasteiger partial charge in [-0.1, -0.05) is 35.9 Å². The smallest absolute Gasteiger partial charge is 0.158 e. The number of benzene rings is 2. The number of hydrogen-bond donors (Lipinski definition) is 2. The highest BCUT2D eigenvalue weighted by Gasteiger charge is 2.32. The van der Waals surface area contributed by atoms with Crippen molar-refractivity contribution in [3.63, 3.8) is 0 Å². The number of thiol groups is 2. The molecule has 2 aromatic heterocycles. The summed E-state index contributed by atoms with van der Waals surface area (Å²) < 4.78 is 4.34. The molecular formula is C14H10N2S6. The second kappa shape index (κ2) is 5.92. The summed E-state index contributed by atoms with van der Waals surface area (Å²) >= 11 is 12.8. The molecule has 0 spiro atoms. The average Bonchev–Trinajstić information content (AvgIpc) is 3.18. The maximum atomic E-state index is 4.98. The largest absolute Gasteiger partial charge is 0.229 e. The molecule has 0 saturated heterocycles. The van der Waals surface area contributed by atoms with E-state index in [1.807, 2.05) is 36.4 Å². The zero-order valence-corrected chi connectivity index (χ0v) is 16.1. The SMILES string of the molecule is SSS(S)(c1nc2ccccc2s1)c1nc2ccccc2s1. The van der Waals surface area contributed by atoms with Crippen LogP contribution in [-0.4, -0.2) is 9.97 Å². The molecule has 2 nitrogen and oxygen atoms in total. The Labute approximate surface area is 150 Å². The van der Waals surface area contributed by atoms with Gasteiger partial charge in [-0.25, -0.2) is 9.97 Å². The standard InChI is InChI=1S/C14H10N2S6/c17-21-22(18,13-15-9-5-1-3-7-11(9)19-13)14-16-10-6-2-4-8-12(10)20-14/h1-8,17-18H. The van der Waals surface area contributed by atoms with Gasteiger partial charge in [0.2, 0.25) is 0 Å². The zero-order chi connectivity index (χ0) is 15.2. The van der Waals surface area contributed by atoms with Crippen LogP contribution >= 0.6 is 63.9 Å². The highest BCUT2D eigenvalue weighted by Crippen LogP contribution is 2.77. The molecule has 2 heterocycles. The third kappa shape index (κ3) is 2.46. The van der Waals surface area contributed by atoms with Crippen molar-refractivity contribution in [3.8, 4) is 0 Å². The first-order chi connectivity index (χ1) is 10.7. The quantitative estimate of drug-likeness (QED) is 0.306. The number of para-hydroxylation sites is 2. The summed E-state index contributed by atoms with van der Waals surface area (Å²) in [4.78, 5) is 9.56. The predicted molar refractivity (Wildman–Crippen MR) is 109 cm³/mol. The number of rotatable bonds is 3. The number of hydrogen-bond acceptors (Lipinski definition) is 7. The average molecular weight is 399 g/mol. The first-order valence-electron chi connectivity index (χ1n) is 6.31. The summed E-state index contributed by atoms with van der Waals surface area (Å²) in [7, 11) is -0.221. The molecule has 112 valence electrons.